The fourth-order valence-electron chi connectivity index (χ4n) is 2.46. The Morgan fingerprint density at radius 2 is 1.96 bits per heavy atom. The van der Waals surface area contributed by atoms with E-state index in [2.05, 4.69) is 45.0 Å². The number of benzene rings is 1. The second-order valence-electron chi connectivity index (χ2n) is 6.00. The van der Waals surface area contributed by atoms with E-state index in [-0.39, 0.29) is 5.91 Å². The normalized spacial score (nSPS) is 11.2. The highest BCUT2D eigenvalue weighted by Crippen LogP contribution is 2.09. The molecule has 0 aliphatic rings. The first-order chi connectivity index (χ1) is 12.7. The van der Waals surface area contributed by atoms with E-state index in [0.717, 1.165) is 31.0 Å². The van der Waals surface area contributed by atoms with Crippen molar-refractivity contribution in [3.8, 4) is 0 Å². The molecule has 0 unspecified atom stereocenters. The van der Waals surface area contributed by atoms with Gasteiger partial charge in [0.25, 0.3) is 0 Å². The second-order valence-corrected chi connectivity index (χ2v) is 7.03. The molecule has 0 atom stereocenters. The van der Waals surface area contributed by atoms with E-state index in [1.165, 1.54) is 4.88 Å². The lowest BCUT2D eigenvalue weighted by atomic mass is 10.2. The lowest BCUT2D eigenvalue weighted by Crippen LogP contribution is -2.40. The maximum atomic E-state index is 12.0. The quantitative estimate of drug-likeness (QED) is 0.526. The average Bonchev–Trinajstić information content (AvgIpc) is 3.18. The molecule has 0 saturated carbocycles. The molecule has 0 saturated heterocycles. The highest BCUT2D eigenvalue weighted by atomic mass is 32.1. The van der Waals surface area contributed by atoms with E-state index in [9.17, 15) is 4.79 Å². The number of hydrogen-bond donors (Lipinski definition) is 2. The number of nitrogens with zero attached hydrogens (tertiary/aromatic N) is 2. The Morgan fingerprint density at radius 3 is 2.65 bits per heavy atom. The van der Waals surface area contributed by atoms with Crippen LogP contribution < -0.4 is 10.6 Å². The standard InChI is InChI=1S/C20H28N4OS/c1-3-21-20(24(2)14-12-18-10-7-15-26-18)22-13-11-19(25)23-16-17-8-5-4-6-9-17/h4-10,15H,3,11-14,16H2,1-2H3,(H,21,22)(H,23,25). The van der Waals surface area contributed by atoms with Crippen LogP contribution in [0.2, 0.25) is 0 Å². The molecular formula is C20H28N4OS. The van der Waals surface area contributed by atoms with Crippen molar-refractivity contribution in [1.82, 2.24) is 15.5 Å². The first-order valence-electron chi connectivity index (χ1n) is 9.01. The maximum Gasteiger partial charge on any atom is 0.222 e. The molecule has 1 amide bonds. The maximum absolute atomic E-state index is 12.0. The van der Waals surface area contributed by atoms with Crippen LogP contribution in [0.25, 0.3) is 0 Å². The molecule has 1 aromatic carbocycles. The van der Waals surface area contributed by atoms with Crippen LogP contribution in [-0.2, 0) is 17.8 Å². The molecule has 1 heterocycles. The molecular weight excluding hydrogens is 344 g/mol. The fourth-order valence-corrected chi connectivity index (χ4v) is 3.15. The Hall–Kier alpha value is -2.34. The van der Waals surface area contributed by atoms with Crippen LogP contribution in [0.15, 0.2) is 52.8 Å². The lowest BCUT2D eigenvalue weighted by Gasteiger charge is -2.21. The zero-order valence-electron chi connectivity index (χ0n) is 15.6. The van der Waals surface area contributed by atoms with Gasteiger partial charge in [-0.3, -0.25) is 9.79 Å². The molecule has 2 rings (SSSR count). The van der Waals surface area contributed by atoms with Crippen molar-refractivity contribution in [2.75, 3.05) is 26.7 Å². The van der Waals surface area contributed by atoms with Gasteiger partial charge in [0, 0.05) is 38.0 Å². The molecule has 0 aliphatic heterocycles. The third-order valence-electron chi connectivity index (χ3n) is 3.90. The first kappa shape index (κ1) is 20.0. The zero-order valence-corrected chi connectivity index (χ0v) is 16.4. The van der Waals surface area contributed by atoms with Crippen LogP contribution in [-0.4, -0.2) is 43.4 Å². The van der Waals surface area contributed by atoms with Crippen LogP contribution in [0, 0.1) is 0 Å². The van der Waals surface area contributed by atoms with Crippen molar-refractivity contribution < 1.29 is 4.79 Å². The van der Waals surface area contributed by atoms with Gasteiger partial charge in [0.15, 0.2) is 5.96 Å². The number of carbonyl (C=O) groups excluding carboxylic acids is 1. The van der Waals surface area contributed by atoms with Gasteiger partial charge in [0.2, 0.25) is 5.91 Å². The molecule has 0 aliphatic carbocycles. The smallest absolute Gasteiger partial charge is 0.222 e. The third kappa shape index (κ3) is 7.27. The number of rotatable bonds is 9. The summed E-state index contributed by atoms with van der Waals surface area (Å²) in [5.74, 6) is 0.870. The number of likely N-dealkylation sites (N-methyl/N-ethyl adjacent to an activating group) is 1. The molecule has 5 nitrogen and oxygen atoms in total. The summed E-state index contributed by atoms with van der Waals surface area (Å²) in [6.07, 6.45) is 1.39. The van der Waals surface area contributed by atoms with Crippen LogP contribution in [0.3, 0.4) is 0 Å². The number of nitrogens with one attached hydrogen (secondary N) is 2. The SMILES string of the molecule is CCNC(=NCCC(=O)NCc1ccccc1)N(C)CCc1cccs1. The molecule has 0 radical (unpaired) electrons. The summed E-state index contributed by atoms with van der Waals surface area (Å²) >= 11 is 1.78. The van der Waals surface area contributed by atoms with Crippen molar-refractivity contribution in [2.24, 2.45) is 4.99 Å². The van der Waals surface area contributed by atoms with Gasteiger partial charge in [-0.15, -0.1) is 11.3 Å². The van der Waals surface area contributed by atoms with Gasteiger partial charge in [0.05, 0.1) is 6.54 Å². The summed E-state index contributed by atoms with van der Waals surface area (Å²) in [6.45, 7) is 4.79. The Labute approximate surface area is 160 Å². The fraction of sp³-hybridized carbons (Fsp3) is 0.400. The van der Waals surface area contributed by atoms with E-state index in [1.807, 2.05) is 37.4 Å². The van der Waals surface area contributed by atoms with E-state index in [1.54, 1.807) is 11.3 Å². The second kappa shape index (κ2) is 11.3. The van der Waals surface area contributed by atoms with Crippen molar-refractivity contribution >= 4 is 23.2 Å². The van der Waals surface area contributed by atoms with Crippen LogP contribution in [0.1, 0.15) is 23.8 Å². The number of aliphatic imine (C=N–C) groups is 1. The summed E-state index contributed by atoms with van der Waals surface area (Å²) in [4.78, 5) is 20.1. The van der Waals surface area contributed by atoms with Gasteiger partial charge >= 0.3 is 0 Å². The van der Waals surface area contributed by atoms with E-state index in [4.69, 9.17) is 0 Å². The number of carbonyl (C=O) groups is 1. The third-order valence-corrected chi connectivity index (χ3v) is 4.84. The summed E-state index contributed by atoms with van der Waals surface area (Å²) in [7, 11) is 2.03. The molecule has 1 aromatic heterocycles. The summed E-state index contributed by atoms with van der Waals surface area (Å²) in [5.41, 5.74) is 1.10. The number of hydrogen-bond acceptors (Lipinski definition) is 3. The average molecular weight is 373 g/mol. The number of thiophene rings is 1. The first-order valence-corrected chi connectivity index (χ1v) is 9.89. The topological polar surface area (TPSA) is 56.7 Å². The molecule has 2 N–H and O–H groups in total. The Kier molecular flexibility index (Phi) is 8.69. The van der Waals surface area contributed by atoms with E-state index in [0.29, 0.717) is 19.5 Å². The highest BCUT2D eigenvalue weighted by molar-refractivity contribution is 7.09. The molecule has 0 fully saturated rings. The van der Waals surface area contributed by atoms with Crippen molar-refractivity contribution in [3.05, 3.63) is 58.3 Å². The largest absolute Gasteiger partial charge is 0.357 e. The minimum absolute atomic E-state index is 0.0229. The summed E-state index contributed by atoms with van der Waals surface area (Å²) in [6, 6.07) is 14.2. The minimum Gasteiger partial charge on any atom is -0.357 e. The van der Waals surface area contributed by atoms with Gasteiger partial charge in [-0.05, 0) is 30.4 Å². The minimum atomic E-state index is 0.0229. The number of amides is 1. The highest BCUT2D eigenvalue weighted by Gasteiger charge is 2.07. The van der Waals surface area contributed by atoms with Gasteiger partial charge in [-0.2, -0.15) is 0 Å². The monoisotopic (exact) mass is 372 g/mol. The molecule has 0 spiro atoms. The van der Waals surface area contributed by atoms with Gasteiger partial charge in [-0.25, -0.2) is 0 Å². The van der Waals surface area contributed by atoms with Crippen LogP contribution >= 0.6 is 11.3 Å². The van der Waals surface area contributed by atoms with Gasteiger partial charge in [0.1, 0.15) is 0 Å². The molecule has 26 heavy (non-hydrogen) atoms. The van der Waals surface area contributed by atoms with Crippen molar-refractivity contribution in [3.63, 3.8) is 0 Å². The summed E-state index contributed by atoms with van der Waals surface area (Å²) in [5, 5.41) is 8.33. The Morgan fingerprint density at radius 1 is 1.15 bits per heavy atom. The lowest BCUT2D eigenvalue weighted by molar-refractivity contribution is -0.121. The zero-order chi connectivity index (χ0) is 18.6. The molecule has 0 bridgehead atoms. The predicted octanol–water partition coefficient (Wildman–Crippen LogP) is 2.89. The van der Waals surface area contributed by atoms with Gasteiger partial charge < -0.3 is 15.5 Å². The Bertz CT molecular complexity index is 670. The van der Waals surface area contributed by atoms with Crippen molar-refractivity contribution in [1.29, 1.82) is 0 Å². The number of guanidine groups is 1. The predicted molar refractivity (Wildman–Crippen MR) is 110 cm³/mol. The molecule has 140 valence electrons. The van der Waals surface area contributed by atoms with Crippen molar-refractivity contribution in [2.45, 2.75) is 26.3 Å². The summed E-state index contributed by atoms with van der Waals surface area (Å²) < 4.78 is 0. The van der Waals surface area contributed by atoms with Gasteiger partial charge in [-0.1, -0.05) is 36.4 Å². The van der Waals surface area contributed by atoms with E-state index >= 15 is 0 Å². The van der Waals surface area contributed by atoms with E-state index < -0.39 is 0 Å². The molecule has 2 aromatic rings. The van der Waals surface area contributed by atoms with Crippen LogP contribution in [0.5, 0.6) is 0 Å². The molecule has 6 heteroatoms. The Balaban J connectivity index is 1.75. The van der Waals surface area contributed by atoms with Crippen LogP contribution in [0.4, 0.5) is 0 Å².